The Morgan fingerprint density at radius 1 is 1.16 bits per heavy atom. The monoisotopic (exact) mass is 511 g/mol. The lowest BCUT2D eigenvalue weighted by atomic mass is 9.87. The van der Waals surface area contributed by atoms with E-state index < -0.39 is 0 Å². The molecule has 8 nitrogen and oxygen atoms in total. The third-order valence-corrected chi connectivity index (χ3v) is 7.79. The molecule has 3 aromatic rings. The van der Waals surface area contributed by atoms with E-state index in [0.29, 0.717) is 34.2 Å². The lowest BCUT2D eigenvalue weighted by Gasteiger charge is -2.33. The molecule has 198 valence electrons. The van der Waals surface area contributed by atoms with Crippen molar-refractivity contribution in [3.63, 3.8) is 0 Å². The molecule has 38 heavy (non-hydrogen) atoms. The molecule has 1 aromatic heterocycles. The van der Waals surface area contributed by atoms with Crippen molar-refractivity contribution in [2.75, 3.05) is 54.5 Å². The first-order valence-corrected chi connectivity index (χ1v) is 13.2. The largest absolute Gasteiger partial charge is 0.398 e. The zero-order valence-electron chi connectivity index (χ0n) is 22.4. The summed E-state index contributed by atoms with van der Waals surface area (Å²) in [5, 5.41) is 13.7. The standard InChI is InChI=1S/C30H37N7O/c1-30(2)19-37(18-20-10-13-36(3)14-11-20)27-16-23(8-9-25(27)30)35-29(38)24-5-4-12-33-28(24)34-22-7-6-21(17-31)26(32)15-22/h4-9,12,15-17,20,31H,10-11,13-14,18-19,32H2,1-3H3,(H,33,34)(H,35,38). The molecule has 1 amide bonds. The lowest BCUT2D eigenvalue weighted by molar-refractivity contribution is 0.102. The number of hydrogen-bond acceptors (Lipinski definition) is 7. The van der Waals surface area contributed by atoms with Crippen molar-refractivity contribution in [1.82, 2.24) is 9.88 Å². The van der Waals surface area contributed by atoms with Gasteiger partial charge in [-0.15, -0.1) is 0 Å². The molecule has 0 saturated carbocycles. The maximum Gasteiger partial charge on any atom is 0.259 e. The quantitative estimate of drug-likeness (QED) is 0.260. The molecular weight excluding hydrogens is 474 g/mol. The summed E-state index contributed by atoms with van der Waals surface area (Å²) in [6.45, 7) is 8.96. The van der Waals surface area contributed by atoms with E-state index in [9.17, 15) is 4.79 Å². The van der Waals surface area contributed by atoms with Gasteiger partial charge in [0.25, 0.3) is 5.91 Å². The predicted molar refractivity (Wildman–Crippen MR) is 156 cm³/mol. The molecule has 0 radical (unpaired) electrons. The summed E-state index contributed by atoms with van der Waals surface area (Å²) in [5.41, 5.74) is 11.7. The van der Waals surface area contributed by atoms with Gasteiger partial charge in [-0.2, -0.15) is 0 Å². The van der Waals surface area contributed by atoms with Gasteiger partial charge in [0.2, 0.25) is 0 Å². The van der Waals surface area contributed by atoms with Crippen molar-refractivity contribution in [3.05, 3.63) is 71.4 Å². The Morgan fingerprint density at radius 3 is 2.66 bits per heavy atom. The van der Waals surface area contributed by atoms with Crippen LogP contribution in [-0.4, -0.2) is 55.2 Å². The Bertz CT molecular complexity index is 1340. The summed E-state index contributed by atoms with van der Waals surface area (Å²) >= 11 is 0. The van der Waals surface area contributed by atoms with Gasteiger partial charge in [0.15, 0.2) is 0 Å². The first-order chi connectivity index (χ1) is 18.2. The molecule has 1 fully saturated rings. The number of nitrogen functional groups attached to an aromatic ring is 1. The number of hydrogen-bond donors (Lipinski definition) is 4. The summed E-state index contributed by atoms with van der Waals surface area (Å²) < 4.78 is 0. The second-order valence-corrected chi connectivity index (χ2v) is 11.2. The molecule has 0 aliphatic carbocycles. The molecule has 0 bridgehead atoms. The minimum absolute atomic E-state index is 0.0683. The average molecular weight is 512 g/mol. The highest BCUT2D eigenvalue weighted by Crippen LogP contribution is 2.42. The molecule has 1 saturated heterocycles. The Morgan fingerprint density at radius 2 is 1.92 bits per heavy atom. The Hall–Kier alpha value is -3.91. The molecule has 2 aliphatic rings. The van der Waals surface area contributed by atoms with Crippen molar-refractivity contribution in [2.45, 2.75) is 32.1 Å². The van der Waals surface area contributed by atoms with Gasteiger partial charge < -0.3 is 31.6 Å². The van der Waals surface area contributed by atoms with Crippen LogP contribution in [0, 0.1) is 11.3 Å². The number of benzene rings is 2. The van der Waals surface area contributed by atoms with Crippen molar-refractivity contribution < 1.29 is 4.79 Å². The number of amides is 1. The number of pyridine rings is 1. The van der Waals surface area contributed by atoms with Gasteiger partial charge in [-0.25, -0.2) is 4.98 Å². The van der Waals surface area contributed by atoms with Gasteiger partial charge >= 0.3 is 0 Å². The van der Waals surface area contributed by atoms with Crippen LogP contribution < -0.4 is 21.3 Å². The number of anilines is 5. The number of nitrogens with two attached hydrogens (primary N) is 1. The van der Waals surface area contributed by atoms with Gasteiger partial charge in [0.05, 0.1) is 5.56 Å². The average Bonchev–Trinajstić information content (AvgIpc) is 3.14. The van der Waals surface area contributed by atoms with E-state index in [1.54, 1.807) is 30.5 Å². The highest BCUT2D eigenvalue weighted by molar-refractivity contribution is 6.08. The van der Waals surface area contributed by atoms with E-state index in [1.807, 2.05) is 12.1 Å². The summed E-state index contributed by atoms with van der Waals surface area (Å²) in [4.78, 5) is 22.7. The van der Waals surface area contributed by atoms with Crippen molar-refractivity contribution in [3.8, 4) is 0 Å². The van der Waals surface area contributed by atoms with E-state index in [-0.39, 0.29) is 11.3 Å². The van der Waals surface area contributed by atoms with Crippen molar-refractivity contribution in [1.29, 1.82) is 5.41 Å². The summed E-state index contributed by atoms with van der Waals surface area (Å²) in [6.07, 6.45) is 5.32. The van der Waals surface area contributed by atoms with Crippen LogP contribution in [0.2, 0.25) is 0 Å². The van der Waals surface area contributed by atoms with Crippen molar-refractivity contribution >= 4 is 40.7 Å². The first kappa shape index (κ1) is 25.7. The van der Waals surface area contributed by atoms with Crippen LogP contribution in [0.4, 0.5) is 28.6 Å². The Kier molecular flexibility index (Phi) is 7.08. The number of rotatable bonds is 7. The maximum atomic E-state index is 13.4. The van der Waals surface area contributed by atoms with Gasteiger partial charge in [-0.05, 0) is 86.9 Å². The number of carbonyl (C=O) groups excluding carboxylic acids is 1. The zero-order valence-corrected chi connectivity index (χ0v) is 22.4. The minimum atomic E-state index is -0.233. The number of fused-ring (bicyclic) bond motifs is 1. The third-order valence-electron chi connectivity index (χ3n) is 7.79. The number of likely N-dealkylation sites (tertiary alicyclic amines) is 1. The summed E-state index contributed by atoms with van der Waals surface area (Å²) in [7, 11) is 2.20. The fourth-order valence-electron chi connectivity index (χ4n) is 5.62. The smallest absolute Gasteiger partial charge is 0.259 e. The molecule has 8 heteroatoms. The summed E-state index contributed by atoms with van der Waals surface area (Å²) in [6, 6.07) is 15.1. The molecule has 2 aliphatic heterocycles. The van der Waals surface area contributed by atoms with Gasteiger partial charge in [0, 0.05) is 59.2 Å². The highest BCUT2D eigenvalue weighted by atomic mass is 16.1. The van der Waals surface area contributed by atoms with Crippen LogP contribution in [-0.2, 0) is 5.41 Å². The Labute approximate surface area is 224 Å². The minimum Gasteiger partial charge on any atom is -0.398 e. The molecule has 0 spiro atoms. The van der Waals surface area contributed by atoms with Crippen LogP contribution in [0.25, 0.3) is 0 Å². The summed E-state index contributed by atoms with van der Waals surface area (Å²) in [5.74, 6) is 0.902. The lowest BCUT2D eigenvalue weighted by Crippen LogP contribution is -2.38. The fourth-order valence-corrected chi connectivity index (χ4v) is 5.62. The number of nitrogens with zero attached hydrogens (tertiary/aromatic N) is 3. The van der Waals surface area contributed by atoms with E-state index in [4.69, 9.17) is 11.1 Å². The third kappa shape index (κ3) is 5.36. The predicted octanol–water partition coefficient (Wildman–Crippen LogP) is 5.10. The number of nitrogens with one attached hydrogen (secondary N) is 3. The highest BCUT2D eigenvalue weighted by Gasteiger charge is 2.36. The van der Waals surface area contributed by atoms with E-state index in [0.717, 1.165) is 31.9 Å². The molecule has 2 aromatic carbocycles. The molecule has 5 rings (SSSR count). The van der Waals surface area contributed by atoms with Gasteiger partial charge in [-0.3, -0.25) is 4.79 Å². The second kappa shape index (κ2) is 10.5. The molecule has 5 N–H and O–H groups in total. The molecule has 3 heterocycles. The number of piperidine rings is 1. The number of aromatic nitrogens is 1. The van der Waals surface area contributed by atoms with E-state index in [2.05, 4.69) is 58.4 Å². The van der Waals surface area contributed by atoms with Gasteiger partial charge in [-0.1, -0.05) is 19.9 Å². The van der Waals surface area contributed by atoms with E-state index >= 15 is 0 Å². The van der Waals surface area contributed by atoms with Crippen molar-refractivity contribution in [2.24, 2.45) is 5.92 Å². The molecule has 0 atom stereocenters. The SMILES string of the molecule is CN1CCC(CN2CC(C)(C)c3ccc(NC(=O)c4cccnc4Nc4ccc(C=N)c(N)c4)cc32)CC1. The fraction of sp³-hybridized carbons (Fsp3) is 0.367. The first-order valence-electron chi connectivity index (χ1n) is 13.2. The normalized spacial score (nSPS) is 17.2. The maximum absolute atomic E-state index is 13.4. The van der Waals surface area contributed by atoms with Crippen LogP contribution in [0.3, 0.4) is 0 Å². The van der Waals surface area contributed by atoms with Gasteiger partial charge in [0.1, 0.15) is 5.82 Å². The van der Waals surface area contributed by atoms with Crippen LogP contribution >= 0.6 is 0 Å². The van der Waals surface area contributed by atoms with Crippen LogP contribution in [0.5, 0.6) is 0 Å². The molecule has 0 unspecified atom stereocenters. The molecular formula is C30H37N7O. The van der Waals surface area contributed by atoms with Crippen LogP contribution in [0.15, 0.2) is 54.7 Å². The number of carbonyl (C=O) groups is 1. The Balaban J connectivity index is 1.34. The van der Waals surface area contributed by atoms with E-state index in [1.165, 1.54) is 30.3 Å². The zero-order chi connectivity index (χ0) is 26.9. The second-order valence-electron chi connectivity index (χ2n) is 11.2. The topological polar surface area (TPSA) is 110 Å². The van der Waals surface area contributed by atoms with Crippen LogP contribution in [0.1, 0.15) is 48.2 Å².